The molecule has 0 aliphatic rings. The zero-order chi connectivity index (χ0) is 18.5. The summed E-state index contributed by atoms with van der Waals surface area (Å²) >= 11 is 3.44. The molecule has 0 bridgehead atoms. The topological polar surface area (TPSA) is 18.5 Å². The number of benzene rings is 3. The first-order valence-corrected chi connectivity index (χ1v) is 9.13. The Bertz CT molecular complexity index is 895. The molecule has 0 spiro atoms. The first-order valence-electron chi connectivity index (χ1n) is 8.00. The van der Waals surface area contributed by atoms with E-state index < -0.39 is 11.6 Å². The van der Waals surface area contributed by atoms with Crippen LogP contribution in [0.4, 0.5) is 8.78 Å². The molecule has 0 N–H and O–H groups in total. The second kappa shape index (κ2) is 8.32. The van der Waals surface area contributed by atoms with Crippen LogP contribution in [0.5, 0.6) is 11.5 Å². The van der Waals surface area contributed by atoms with Gasteiger partial charge in [-0.15, -0.1) is 0 Å². The summed E-state index contributed by atoms with van der Waals surface area (Å²) in [7, 11) is 1.43. The van der Waals surface area contributed by atoms with Crippen LogP contribution < -0.4 is 9.47 Å². The Hall–Kier alpha value is -2.40. The van der Waals surface area contributed by atoms with Crippen molar-refractivity contribution in [3.63, 3.8) is 0 Å². The van der Waals surface area contributed by atoms with Crippen LogP contribution in [0.25, 0.3) is 11.1 Å². The maximum absolute atomic E-state index is 13.6. The molecule has 3 aromatic rings. The van der Waals surface area contributed by atoms with Crippen molar-refractivity contribution in [1.29, 1.82) is 0 Å². The highest BCUT2D eigenvalue weighted by molar-refractivity contribution is 9.08. The second-order valence-corrected chi connectivity index (χ2v) is 6.29. The Morgan fingerprint density at radius 1 is 0.885 bits per heavy atom. The fraction of sp³-hybridized carbons (Fsp3) is 0.143. The molecule has 5 heteroatoms. The van der Waals surface area contributed by atoms with Crippen molar-refractivity contribution in [2.75, 3.05) is 7.11 Å². The molecule has 3 rings (SSSR count). The van der Waals surface area contributed by atoms with Crippen molar-refractivity contribution in [2.45, 2.75) is 11.9 Å². The van der Waals surface area contributed by atoms with Gasteiger partial charge in [0.05, 0.1) is 7.11 Å². The highest BCUT2D eigenvalue weighted by atomic mass is 79.9. The lowest BCUT2D eigenvalue weighted by molar-refractivity contribution is 0.306. The van der Waals surface area contributed by atoms with Gasteiger partial charge in [0.2, 0.25) is 0 Å². The summed E-state index contributed by atoms with van der Waals surface area (Å²) in [4.78, 5) is 0. The molecule has 0 aliphatic heterocycles. The van der Waals surface area contributed by atoms with E-state index >= 15 is 0 Å². The quantitative estimate of drug-likeness (QED) is 0.449. The van der Waals surface area contributed by atoms with E-state index in [1.807, 2.05) is 18.2 Å². The summed E-state index contributed by atoms with van der Waals surface area (Å²) in [5, 5.41) is 0.797. The summed E-state index contributed by atoms with van der Waals surface area (Å²) in [6, 6.07) is 17.5. The van der Waals surface area contributed by atoms with Crippen LogP contribution in [0.2, 0.25) is 0 Å². The molecule has 0 heterocycles. The predicted molar refractivity (Wildman–Crippen MR) is 102 cm³/mol. The van der Waals surface area contributed by atoms with Gasteiger partial charge in [-0.25, -0.2) is 8.78 Å². The van der Waals surface area contributed by atoms with Gasteiger partial charge in [0.1, 0.15) is 18.1 Å². The molecule has 3 aromatic carbocycles. The van der Waals surface area contributed by atoms with Crippen molar-refractivity contribution in [1.82, 2.24) is 0 Å². The maximum atomic E-state index is 13.6. The smallest absolute Gasteiger partial charge is 0.162 e. The molecule has 0 atom stereocenters. The van der Waals surface area contributed by atoms with Gasteiger partial charge in [0.15, 0.2) is 11.6 Å². The van der Waals surface area contributed by atoms with Gasteiger partial charge in [0.25, 0.3) is 0 Å². The number of hydrogen-bond acceptors (Lipinski definition) is 2. The lowest BCUT2D eigenvalue weighted by Gasteiger charge is -2.11. The van der Waals surface area contributed by atoms with Crippen LogP contribution >= 0.6 is 15.9 Å². The summed E-state index contributed by atoms with van der Waals surface area (Å²) in [6.07, 6.45) is 0. The van der Waals surface area contributed by atoms with Crippen molar-refractivity contribution >= 4 is 15.9 Å². The normalized spacial score (nSPS) is 10.6. The molecule has 0 saturated carbocycles. The predicted octanol–water partition coefficient (Wildman–Crippen LogP) is 6.11. The van der Waals surface area contributed by atoms with Crippen LogP contribution in [0, 0.1) is 11.6 Å². The largest absolute Gasteiger partial charge is 0.496 e. The van der Waals surface area contributed by atoms with Crippen LogP contribution in [-0.4, -0.2) is 7.11 Å². The Morgan fingerprint density at radius 2 is 1.58 bits per heavy atom. The molecule has 0 fully saturated rings. The average Bonchev–Trinajstić information content (AvgIpc) is 2.68. The first kappa shape index (κ1) is 18.4. The van der Waals surface area contributed by atoms with E-state index in [1.165, 1.54) is 12.7 Å². The van der Waals surface area contributed by atoms with Gasteiger partial charge < -0.3 is 9.47 Å². The lowest BCUT2D eigenvalue weighted by atomic mass is 10.0. The maximum Gasteiger partial charge on any atom is 0.162 e. The zero-order valence-corrected chi connectivity index (χ0v) is 15.7. The summed E-state index contributed by atoms with van der Waals surface area (Å²) in [5.74, 6) is -0.868. The number of hydrogen-bond donors (Lipinski definition) is 0. The van der Waals surface area contributed by atoms with E-state index in [0.29, 0.717) is 17.9 Å². The minimum atomic E-state index is -0.934. The standard InChI is InChI=1S/C21H17BrF2O2/c1-25-21-11-20(24)19(23)10-18(21)16-5-7-17(8-6-16)26-13-15-4-2-3-14(9-15)12-22/h2-11H,12-13H2,1H3. The Morgan fingerprint density at radius 3 is 2.27 bits per heavy atom. The highest BCUT2D eigenvalue weighted by Gasteiger charge is 2.12. The number of methoxy groups -OCH3 is 1. The van der Waals surface area contributed by atoms with Crippen molar-refractivity contribution in [2.24, 2.45) is 0 Å². The summed E-state index contributed by atoms with van der Waals surface area (Å²) in [6.45, 7) is 0.453. The third-order valence-electron chi connectivity index (χ3n) is 3.96. The number of rotatable bonds is 6. The Kier molecular flexibility index (Phi) is 5.89. The Labute approximate surface area is 159 Å². The van der Waals surface area contributed by atoms with Gasteiger partial charge >= 0.3 is 0 Å². The third-order valence-corrected chi connectivity index (χ3v) is 4.61. The lowest BCUT2D eigenvalue weighted by Crippen LogP contribution is -1.96. The van der Waals surface area contributed by atoms with Crippen molar-refractivity contribution in [3.8, 4) is 22.6 Å². The third kappa shape index (κ3) is 4.22. The summed E-state index contributed by atoms with van der Waals surface area (Å²) in [5.41, 5.74) is 3.47. The van der Waals surface area contributed by atoms with Crippen LogP contribution in [0.3, 0.4) is 0 Å². The SMILES string of the molecule is COc1cc(F)c(F)cc1-c1ccc(OCc2cccc(CBr)c2)cc1. The highest BCUT2D eigenvalue weighted by Crippen LogP contribution is 2.33. The van der Waals surface area contributed by atoms with E-state index in [9.17, 15) is 8.78 Å². The summed E-state index contributed by atoms with van der Waals surface area (Å²) < 4.78 is 37.9. The van der Waals surface area contributed by atoms with Gasteiger partial charge in [-0.2, -0.15) is 0 Å². The number of halogens is 3. The fourth-order valence-electron chi connectivity index (χ4n) is 2.62. The molecule has 134 valence electrons. The van der Waals surface area contributed by atoms with Gasteiger partial charge in [0, 0.05) is 17.0 Å². The minimum Gasteiger partial charge on any atom is -0.496 e. The average molecular weight is 419 g/mol. The first-order chi connectivity index (χ1) is 12.6. The van der Waals surface area contributed by atoms with E-state index in [-0.39, 0.29) is 5.75 Å². The molecule has 2 nitrogen and oxygen atoms in total. The Balaban J connectivity index is 1.75. The molecule has 26 heavy (non-hydrogen) atoms. The van der Waals surface area contributed by atoms with E-state index in [1.54, 1.807) is 24.3 Å². The van der Waals surface area contributed by atoms with E-state index in [4.69, 9.17) is 9.47 Å². The number of alkyl halides is 1. The molecule has 0 radical (unpaired) electrons. The monoisotopic (exact) mass is 418 g/mol. The van der Waals surface area contributed by atoms with E-state index in [2.05, 4.69) is 22.0 Å². The van der Waals surface area contributed by atoms with Crippen LogP contribution in [0.15, 0.2) is 60.7 Å². The second-order valence-electron chi connectivity index (χ2n) is 5.73. The van der Waals surface area contributed by atoms with Gasteiger partial charge in [-0.05, 0) is 34.9 Å². The molecular formula is C21H17BrF2O2. The van der Waals surface area contributed by atoms with Crippen molar-refractivity contribution in [3.05, 3.63) is 83.4 Å². The van der Waals surface area contributed by atoms with Crippen molar-refractivity contribution < 1.29 is 18.3 Å². The molecule has 0 aromatic heterocycles. The van der Waals surface area contributed by atoms with Crippen LogP contribution in [-0.2, 0) is 11.9 Å². The molecule has 0 unspecified atom stereocenters. The minimum absolute atomic E-state index is 0.282. The van der Waals surface area contributed by atoms with Crippen LogP contribution in [0.1, 0.15) is 11.1 Å². The van der Waals surface area contributed by atoms with Gasteiger partial charge in [-0.3, -0.25) is 0 Å². The molecule has 0 amide bonds. The molecular weight excluding hydrogens is 402 g/mol. The fourth-order valence-corrected chi connectivity index (χ4v) is 2.97. The van der Waals surface area contributed by atoms with Gasteiger partial charge in [-0.1, -0.05) is 52.3 Å². The molecule has 0 aliphatic carbocycles. The van der Waals surface area contributed by atoms with E-state index in [0.717, 1.165) is 28.6 Å². The molecule has 0 saturated heterocycles. The zero-order valence-electron chi connectivity index (χ0n) is 14.1. The number of ether oxygens (including phenoxy) is 2.